The van der Waals surface area contributed by atoms with E-state index in [1.807, 2.05) is 71.6 Å². The van der Waals surface area contributed by atoms with E-state index in [-0.39, 0.29) is 0 Å². The van der Waals surface area contributed by atoms with Crippen LogP contribution in [-0.4, -0.2) is 4.98 Å². The van der Waals surface area contributed by atoms with Crippen molar-refractivity contribution in [3.8, 4) is 33.4 Å². The molecular weight excluding hydrogens is 613 g/mol. The van der Waals surface area contributed by atoms with Gasteiger partial charge in [0.05, 0.1) is 11.3 Å². The van der Waals surface area contributed by atoms with Crippen LogP contribution < -0.4 is 4.90 Å². The summed E-state index contributed by atoms with van der Waals surface area (Å²) in [5.74, 6) is 0.389. The molecule has 49 heavy (non-hydrogen) atoms. The molecule has 5 heteroatoms. The Labute approximate surface area is 282 Å². The fraction of sp³-hybridized carbons (Fsp3) is 0.0227. The lowest BCUT2D eigenvalue weighted by Gasteiger charge is -2.29. The van der Waals surface area contributed by atoms with E-state index in [1.54, 1.807) is 0 Å². The minimum atomic E-state index is -4.49. The van der Waals surface area contributed by atoms with Gasteiger partial charge in [-0.15, -0.1) is 0 Å². The molecule has 1 aromatic heterocycles. The van der Waals surface area contributed by atoms with E-state index in [9.17, 15) is 13.2 Å². The zero-order valence-corrected chi connectivity index (χ0v) is 26.3. The lowest BCUT2D eigenvalue weighted by Crippen LogP contribution is -2.14. The highest BCUT2D eigenvalue weighted by atomic mass is 19.4. The van der Waals surface area contributed by atoms with Crippen molar-refractivity contribution in [3.63, 3.8) is 0 Å². The molecule has 0 bridgehead atoms. The largest absolute Gasteiger partial charge is 0.417 e. The lowest BCUT2D eigenvalue weighted by atomic mass is 9.87. The quantitative estimate of drug-likeness (QED) is 0.168. The summed E-state index contributed by atoms with van der Waals surface area (Å²) in [6, 6.07) is 56.2. The molecule has 0 saturated heterocycles. The van der Waals surface area contributed by atoms with Crippen molar-refractivity contribution in [2.24, 2.45) is 0 Å². The van der Waals surface area contributed by atoms with Crippen LogP contribution in [0.2, 0.25) is 0 Å². The van der Waals surface area contributed by atoms with Gasteiger partial charge in [0.15, 0.2) is 0 Å². The molecule has 8 rings (SSSR count). The second-order valence-corrected chi connectivity index (χ2v) is 11.9. The Morgan fingerprint density at radius 2 is 0.878 bits per heavy atom. The number of aromatic nitrogens is 1. The van der Waals surface area contributed by atoms with Crippen molar-refractivity contribution >= 4 is 38.7 Å². The lowest BCUT2D eigenvalue weighted by molar-refractivity contribution is -0.137. The maximum Gasteiger partial charge on any atom is 0.417 e. The van der Waals surface area contributed by atoms with Gasteiger partial charge in [0.1, 0.15) is 5.82 Å². The van der Waals surface area contributed by atoms with Gasteiger partial charge in [-0.1, -0.05) is 127 Å². The standard InChI is InChI=1S/C44H29F3N2/c45-44(46,47)35-24-25-41(48-29-35)49(36-18-8-3-9-19-36)43-39-22-12-10-20-37(39)42(38-21-11-13-23-40(38)43)34-27-32(30-14-4-1-5-15-30)26-33(28-34)31-16-6-2-7-17-31/h1-29H. The molecule has 0 atom stereocenters. The number of hydrogen-bond acceptors (Lipinski definition) is 2. The molecular formula is C44H29F3N2. The fourth-order valence-electron chi connectivity index (χ4n) is 6.66. The molecule has 2 nitrogen and oxygen atoms in total. The van der Waals surface area contributed by atoms with E-state index >= 15 is 0 Å². The third-order valence-electron chi connectivity index (χ3n) is 8.88. The highest BCUT2D eigenvalue weighted by molar-refractivity contribution is 6.22. The van der Waals surface area contributed by atoms with Gasteiger partial charge in [-0.3, -0.25) is 4.90 Å². The minimum absolute atomic E-state index is 0.389. The second kappa shape index (κ2) is 12.4. The predicted octanol–water partition coefficient (Wildman–Crippen LogP) is 12.9. The number of benzene rings is 7. The zero-order valence-electron chi connectivity index (χ0n) is 26.3. The smallest absolute Gasteiger partial charge is 0.294 e. The second-order valence-electron chi connectivity index (χ2n) is 11.9. The van der Waals surface area contributed by atoms with Crippen LogP contribution in [0.1, 0.15) is 5.56 Å². The summed E-state index contributed by atoms with van der Waals surface area (Å²) >= 11 is 0. The third-order valence-corrected chi connectivity index (χ3v) is 8.88. The Bertz CT molecular complexity index is 2290. The van der Waals surface area contributed by atoms with Gasteiger partial charge in [-0.2, -0.15) is 13.2 Å². The van der Waals surface area contributed by atoms with Gasteiger partial charge in [0, 0.05) is 22.7 Å². The van der Waals surface area contributed by atoms with Crippen LogP contribution in [0.5, 0.6) is 0 Å². The SMILES string of the molecule is FC(F)(F)c1ccc(N(c2ccccc2)c2c3ccccc3c(-c3cc(-c4ccccc4)cc(-c4ccccc4)c3)c3ccccc23)nc1. The molecule has 0 amide bonds. The number of pyridine rings is 1. The molecule has 8 aromatic rings. The highest BCUT2D eigenvalue weighted by Crippen LogP contribution is 2.48. The van der Waals surface area contributed by atoms with E-state index in [0.29, 0.717) is 5.82 Å². The Hall–Kier alpha value is -6.20. The Morgan fingerprint density at radius 1 is 0.429 bits per heavy atom. The average Bonchev–Trinajstić information content (AvgIpc) is 3.15. The zero-order chi connectivity index (χ0) is 33.4. The summed E-state index contributed by atoms with van der Waals surface area (Å²) in [6.45, 7) is 0. The average molecular weight is 643 g/mol. The first-order chi connectivity index (χ1) is 24.0. The molecule has 0 aliphatic rings. The Morgan fingerprint density at radius 3 is 1.35 bits per heavy atom. The molecule has 7 aromatic carbocycles. The summed E-state index contributed by atoms with van der Waals surface area (Å²) in [4.78, 5) is 6.35. The van der Waals surface area contributed by atoms with Crippen LogP contribution in [0.3, 0.4) is 0 Å². The number of rotatable bonds is 6. The number of anilines is 3. The molecule has 0 spiro atoms. The van der Waals surface area contributed by atoms with Crippen LogP contribution in [0.15, 0.2) is 176 Å². The molecule has 1 heterocycles. The predicted molar refractivity (Wildman–Crippen MR) is 195 cm³/mol. The highest BCUT2D eigenvalue weighted by Gasteiger charge is 2.31. The summed E-state index contributed by atoms with van der Waals surface area (Å²) in [6.07, 6.45) is -3.58. The van der Waals surface area contributed by atoms with Crippen molar-refractivity contribution in [2.75, 3.05) is 4.90 Å². The van der Waals surface area contributed by atoms with Crippen molar-refractivity contribution in [1.29, 1.82) is 0 Å². The molecule has 0 unspecified atom stereocenters. The van der Waals surface area contributed by atoms with E-state index in [1.165, 1.54) is 6.07 Å². The monoisotopic (exact) mass is 642 g/mol. The maximum absolute atomic E-state index is 13.6. The van der Waals surface area contributed by atoms with E-state index in [0.717, 1.165) is 78.6 Å². The Kier molecular flexibility index (Phi) is 7.65. The number of hydrogen-bond donors (Lipinski definition) is 0. The number of halogens is 3. The van der Waals surface area contributed by atoms with Crippen molar-refractivity contribution < 1.29 is 13.2 Å². The van der Waals surface area contributed by atoms with Crippen molar-refractivity contribution in [1.82, 2.24) is 4.98 Å². The van der Waals surface area contributed by atoms with Crippen LogP contribution in [-0.2, 0) is 6.18 Å². The summed E-state index contributed by atoms with van der Waals surface area (Å²) in [7, 11) is 0. The van der Waals surface area contributed by atoms with Crippen molar-refractivity contribution in [3.05, 3.63) is 182 Å². The molecule has 0 saturated carbocycles. The first-order valence-electron chi connectivity index (χ1n) is 16.0. The minimum Gasteiger partial charge on any atom is -0.294 e. The van der Waals surface area contributed by atoms with Crippen molar-refractivity contribution in [2.45, 2.75) is 6.18 Å². The summed E-state index contributed by atoms with van der Waals surface area (Å²) in [5, 5.41) is 3.95. The van der Waals surface area contributed by atoms with Gasteiger partial charge < -0.3 is 0 Å². The fourth-order valence-corrected chi connectivity index (χ4v) is 6.66. The molecule has 236 valence electrons. The molecule has 0 aliphatic carbocycles. The van der Waals surface area contributed by atoms with E-state index < -0.39 is 11.7 Å². The summed E-state index contributed by atoms with van der Waals surface area (Å²) < 4.78 is 40.8. The van der Waals surface area contributed by atoms with E-state index in [2.05, 4.69) is 96.0 Å². The van der Waals surface area contributed by atoms with Gasteiger partial charge in [0.25, 0.3) is 0 Å². The summed E-state index contributed by atoms with van der Waals surface area (Å²) in [5.41, 5.74) is 7.44. The van der Waals surface area contributed by atoms with E-state index in [4.69, 9.17) is 0 Å². The van der Waals surface area contributed by atoms with Crippen LogP contribution in [0.4, 0.5) is 30.4 Å². The van der Waals surface area contributed by atoms with Crippen LogP contribution in [0.25, 0.3) is 54.9 Å². The number of nitrogens with zero attached hydrogens (tertiary/aromatic N) is 2. The first kappa shape index (κ1) is 30.2. The number of fused-ring (bicyclic) bond motifs is 2. The van der Waals surface area contributed by atoms with Gasteiger partial charge in [-0.05, 0) is 86.6 Å². The first-order valence-corrected chi connectivity index (χ1v) is 16.0. The van der Waals surface area contributed by atoms with Gasteiger partial charge >= 0.3 is 6.18 Å². The molecule has 0 radical (unpaired) electrons. The Balaban J connectivity index is 1.44. The van der Waals surface area contributed by atoms with Gasteiger partial charge in [-0.25, -0.2) is 4.98 Å². The topological polar surface area (TPSA) is 16.1 Å². The molecule has 0 N–H and O–H groups in total. The van der Waals surface area contributed by atoms with Gasteiger partial charge in [0.2, 0.25) is 0 Å². The molecule has 0 aliphatic heterocycles. The number of para-hydroxylation sites is 1. The third kappa shape index (κ3) is 5.70. The van der Waals surface area contributed by atoms with Crippen LogP contribution in [0, 0.1) is 0 Å². The van der Waals surface area contributed by atoms with Crippen LogP contribution >= 0.6 is 0 Å². The number of alkyl halides is 3. The normalized spacial score (nSPS) is 11.6. The maximum atomic E-state index is 13.6. The molecule has 0 fully saturated rings.